The standard InChI is InChI=1S/C36H34N6O8/c1-21(43)37-31-15-27(16-32(41-31)38-22(2)44)19-49-35(47)29-11-7-25(8-12-29)5-6-26-9-13-30(14-10-26)36(48)50-20-28-17-33(39-23(3)45)42-34(18-28)40-24(4)46/h5-18H,19-20H2,1-4H3,(H2,37,38,41,43,44)(H2,39,40,42,45,46)/b6-5+. The molecular weight excluding hydrogens is 644 g/mol. The number of rotatable bonds is 12. The minimum absolute atomic E-state index is 0.117. The largest absolute Gasteiger partial charge is 0.457 e. The van der Waals surface area contributed by atoms with Gasteiger partial charge in [0.05, 0.1) is 11.1 Å². The molecule has 14 nitrogen and oxygen atoms in total. The van der Waals surface area contributed by atoms with Gasteiger partial charge in [-0.15, -0.1) is 0 Å². The summed E-state index contributed by atoms with van der Waals surface area (Å²) in [6.45, 7) is 5.08. The van der Waals surface area contributed by atoms with Crippen LogP contribution in [-0.4, -0.2) is 45.5 Å². The quantitative estimate of drug-likeness (QED) is 0.114. The highest BCUT2D eigenvalue weighted by Crippen LogP contribution is 2.19. The summed E-state index contributed by atoms with van der Waals surface area (Å²) in [5, 5.41) is 10.2. The molecule has 0 saturated heterocycles. The van der Waals surface area contributed by atoms with Crippen molar-refractivity contribution in [2.45, 2.75) is 40.9 Å². The van der Waals surface area contributed by atoms with Gasteiger partial charge in [0.2, 0.25) is 23.6 Å². The van der Waals surface area contributed by atoms with Gasteiger partial charge in [0.1, 0.15) is 36.5 Å². The number of benzene rings is 2. The number of carbonyl (C=O) groups excluding carboxylic acids is 6. The summed E-state index contributed by atoms with van der Waals surface area (Å²) in [5.41, 5.74) is 3.31. The summed E-state index contributed by atoms with van der Waals surface area (Å²) < 4.78 is 10.9. The average Bonchev–Trinajstić information content (AvgIpc) is 3.04. The van der Waals surface area contributed by atoms with Crippen LogP contribution >= 0.6 is 0 Å². The number of esters is 2. The molecule has 2 aromatic carbocycles. The van der Waals surface area contributed by atoms with Gasteiger partial charge in [-0.3, -0.25) is 19.2 Å². The van der Waals surface area contributed by atoms with E-state index in [4.69, 9.17) is 9.47 Å². The van der Waals surface area contributed by atoms with Crippen molar-refractivity contribution in [2.75, 3.05) is 21.3 Å². The molecule has 0 atom stereocenters. The second-order valence-electron chi connectivity index (χ2n) is 10.9. The number of hydrogen-bond acceptors (Lipinski definition) is 10. The maximum Gasteiger partial charge on any atom is 0.338 e. The molecule has 0 aliphatic heterocycles. The van der Waals surface area contributed by atoms with Gasteiger partial charge in [-0.05, 0) is 70.8 Å². The Hall–Kier alpha value is -6.70. The molecule has 2 aromatic heterocycles. The zero-order valence-electron chi connectivity index (χ0n) is 27.7. The molecule has 50 heavy (non-hydrogen) atoms. The van der Waals surface area contributed by atoms with E-state index < -0.39 is 11.9 Å². The minimum atomic E-state index is -0.563. The van der Waals surface area contributed by atoms with E-state index >= 15 is 0 Å². The van der Waals surface area contributed by atoms with E-state index in [2.05, 4.69) is 31.2 Å². The van der Waals surface area contributed by atoms with Crippen molar-refractivity contribution >= 4 is 71.0 Å². The molecule has 0 fully saturated rings. The first-order valence-corrected chi connectivity index (χ1v) is 15.2. The van der Waals surface area contributed by atoms with Gasteiger partial charge in [0.15, 0.2) is 0 Å². The summed E-state index contributed by atoms with van der Waals surface area (Å²) in [5.74, 6) is -1.66. The van der Waals surface area contributed by atoms with Crippen LogP contribution in [0.5, 0.6) is 0 Å². The fourth-order valence-corrected chi connectivity index (χ4v) is 4.44. The smallest absolute Gasteiger partial charge is 0.338 e. The zero-order valence-corrected chi connectivity index (χ0v) is 27.7. The normalized spacial score (nSPS) is 10.6. The van der Waals surface area contributed by atoms with Gasteiger partial charge in [0.25, 0.3) is 0 Å². The van der Waals surface area contributed by atoms with Gasteiger partial charge in [-0.1, -0.05) is 36.4 Å². The van der Waals surface area contributed by atoms with Crippen LogP contribution < -0.4 is 21.3 Å². The molecule has 4 N–H and O–H groups in total. The lowest BCUT2D eigenvalue weighted by molar-refractivity contribution is -0.115. The molecule has 0 unspecified atom stereocenters. The third kappa shape index (κ3) is 11.5. The monoisotopic (exact) mass is 678 g/mol. The van der Waals surface area contributed by atoms with E-state index in [0.29, 0.717) is 22.3 Å². The number of nitrogens with one attached hydrogen (secondary N) is 4. The summed E-state index contributed by atoms with van der Waals surface area (Å²) >= 11 is 0. The molecule has 0 saturated carbocycles. The maximum absolute atomic E-state index is 12.7. The van der Waals surface area contributed by atoms with Crippen LogP contribution in [0.15, 0.2) is 72.8 Å². The molecule has 0 bridgehead atoms. The number of carbonyl (C=O) groups is 6. The van der Waals surface area contributed by atoms with Crippen LogP contribution in [0.3, 0.4) is 0 Å². The molecule has 14 heteroatoms. The highest BCUT2D eigenvalue weighted by Gasteiger charge is 2.12. The van der Waals surface area contributed by atoms with Crippen molar-refractivity contribution < 1.29 is 38.2 Å². The number of aromatic nitrogens is 2. The number of hydrogen-bond donors (Lipinski definition) is 4. The Labute approximate surface area is 287 Å². The van der Waals surface area contributed by atoms with E-state index in [1.54, 1.807) is 72.8 Å². The van der Waals surface area contributed by atoms with E-state index in [-0.39, 0.29) is 60.1 Å². The molecule has 0 aliphatic carbocycles. The van der Waals surface area contributed by atoms with Crippen LogP contribution in [-0.2, 0) is 41.9 Å². The van der Waals surface area contributed by atoms with Crippen molar-refractivity contribution in [1.29, 1.82) is 0 Å². The summed E-state index contributed by atoms with van der Waals surface area (Å²) in [6, 6.07) is 19.7. The minimum Gasteiger partial charge on any atom is -0.457 e. The SMILES string of the molecule is CC(=O)Nc1cc(COC(=O)c2ccc(/C=C/c3ccc(C(=O)OCc4cc(NC(C)=O)nc(NC(C)=O)c4)cc3)cc2)cc(NC(C)=O)n1. The number of anilines is 4. The molecule has 2 heterocycles. The van der Waals surface area contributed by atoms with E-state index in [1.165, 1.54) is 27.7 Å². The van der Waals surface area contributed by atoms with Crippen LogP contribution in [0, 0.1) is 0 Å². The molecule has 0 radical (unpaired) electrons. The predicted octanol–water partition coefficient (Wildman–Crippen LogP) is 5.19. The third-order valence-corrected chi connectivity index (χ3v) is 6.49. The molecule has 0 spiro atoms. The van der Waals surface area contributed by atoms with Crippen LogP contribution in [0.25, 0.3) is 12.2 Å². The van der Waals surface area contributed by atoms with Crippen molar-refractivity contribution in [1.82, 2.24) is 9.97 Å². The molecular formula is C36H34N6O8. The molecule has 0 aliphatic rings. The van der Waals surface area contributed by atoms with Gasteiger partial charge in [-0.2, -0.15) is 0 Å². The summed E-state index contributed by atoms with van der Waals surface area (Å²) in [7, 11) is 0. The lowest BCUT2D eigenvalue weighted by atomic mass is 10.1. The third-order valence-electron chi connectivity index (χ3n) is 6.49. The second-order valence-corrected chi connectivity index (χ2v) is 10.9. The van der Waals surface area contributed by atoms with Crippen LogP contribution in [0.1, 0.15) is 70.7 Å². The fourth-order valence-electron chi connectivity index (χ4n) is 4.44. The molecule has 4 amide bonds. The Morgan fingerprint density at radius 1 is 0.500 bits per heavy atom. The molecule has 4 rings (SSSR count). The topological polar surface area (TPSA) is 195 Å². The first-order chi connectivity index (χ1) is 23.8. The summed E-state index contributed by atoms with van der Waals surface area (Å²) in [4.78, 5) is 79.5. The average molecular weight is 679 g/mol. The van der Waals surface area contributed by atoms with E-state index in [0.717, 1.165) is 11.1 Å². The fraction of sp³-hybridized carbons (Fsp3) is 0.167. The van der Waals surface area contributed by atoms with E-state index in [9.17, 15) is 28.8 Å². The Bertz CT molecular complexity index is 1750. The lowest BCUT2D eigenvalue weighted by Gasteiger charge is -2.10. The number of ether oxygens (including phenoxy) is 2. The van der Waals surface area contributed by atoms with Gasteiger partial charge in [-0.25, -0.2) is 19.6 Å². The first kappa shape index (κ1) is 36.1. The van der Waals surface area contributed by atoms with Gasteiger partial charge >= 0.3 is 11.9 Å². The van der Waals surface area contributed by atoms with Gasteiger partial charge in [0, 0.05) is 27.7 Å². The number of nitrogens with zero attached hydrogens (tertiary/aromatic N) is 2. The van der Waals surface area contributed by atoms with Crippen molar-refractivity contribution in [3.63, 3.8) is 0 Å². The maximum atomic E-state index is 12.7. The Morgan fingerprint density at radius 2 is 0.780 bits per heavy atom. The summed E-state index contributed by atoms with van der Waals surface area (Å²) in [6.07, 6.45) is 3.69. The highest BCUT2D eigenvalue weighted by atomic mass is 16.5. The highest BCUT2D eigenvalue weighted by molar-refractivity contribution is 5.92. The lowest BCUT2D eigenvalue weighted by Crippen LogP contribution is -2.13. The Balaban J connectivity index is 1.32. The molecule has 4 aromatic rings. The van der Waals surface area contributed by atoms with Crippen LogP contribution in [0.2, 0.25) is 0 Å². The Kier molecular flexibility index (Phi) is 12.2. The van der Waals surface area contributed by atoms with E-state index in [1.807, 2.05) is 12.2 Å². The Morgan fingerprint density at radius 3 is 1.04 bits per heavy atom. The predicted molar refractivity (Wildman–Crippen MR) is 186 cm³/mol. The van der Waals surface area contributed by atoms with Crippen LogP contribution in [0.4, 0.5) is 23.3 Å². The number of pyridine rings is 2. The van der Waals surface area contributed by atoms with Crippen molar-refractivity contribution in [3.8, 4) is 0 Å². The first-order valence-electron chi connectivity index (χ1n) is 15.2. The van der Waals surface area contributed by atoms with Crippen molar-refractivity contribution in [3.05, 3.63) is 106 Å². The number of amides is 4. The zero-order chi connectivity index (χ0) is 36.2. The van der Waals surface area contributed by atoms with Gasteiger partial charge < -0.3 is 30.7 Å². The molecule has 256 valence electrons. The second kappa shape index (κ2) is 16.9. The van der Waals surface area contributed by atoms with Crippen molar-refractivity contribution in [2.24, 2.45) is 0 Å².